The summed E-state index contributed by atoms with van der Waals surface area (Å²) in [5, 5.41) is 4.35. The average molecular weight is 256 g/mol. The van der Waals surface area contributed by atoms with E-state index in [1.165, 1.54) is 16.1 Å². The van der Waals surface area contributed by atoms with Gasteiger partial charge < -0.3 is 5.32 Å². The Balaban J connectivity index is 2.11. The quantitative estimate of drug-likeness (QED) is 0.863. The molecule has 1 aliphatic carbocycles. The molecule has 0 fully saturated rings. The van der Waals surface area contributed by atoms with Gasteiger partial charge in [0.1, 0.15) is 5.01 Å². The summed E-state index contributed by atoms with van der Waals surface area (Å²) in [5.74, 6) is 0.539. The van der Waals surface area contributed by atoms with E-state index in [0.717, 1.165) is 17.1 Å². The molecule has 0 radical (unpaired) electrons. The average Bonchev–Trinajstić information content (AvgIpc) is 2.84. The summed E-state index contributed by atoms with van der Waals surface area (Å²) in [6.45, 7) is 2.25. The van der Waals surface area contributed by atoms with Crippen LogP contribution in [0.25, 0.3) is 16.6 Å². The van der Waals surface area contributed by atoms with Gasteiger partial charge in [0.25, 0.3) is 0 Å². The van der Waals surface area contributed by atoms with Gasteiger partial charge in [-0.25, -0.2) is 4.98 Å². The molecule has 0 saturated heterocycles. The molecule has 1 atom stereocenters. The molecule has 1 aromatic carbocycles. The lowest BCUT2D eigenvalue weighted by atomic mass is 9.98. The van der Waals surface area contributed by atoms with Gasteiger partial charge in [-0.15, -0.1) is 11.3 Å². The molecule has 0 bridgehead atoms. The van der Waals surface area contributed by atoms with Crippen LogP contribution >= 0.6 is 11.3 Å². The fourth-order valence-corrected chi connectivity index (χ4v) is 3.47. The molecule has 2 nitrogen and oxygen atoms in total. The van der Waals surface area contributed by atoms with Gasteiger partial charge >= 0.3 is 0 Å². The predicted octanol–water partition coefficient (Wildman–Crippen LogP) is 4.37. The number of aromatic nitrogens is 1. The minimum absolute atomic E-state index is 0.539. The topological polar surface area (TPSA) is 24.9 Å². The number of nitrogens with one attached hydrogen (secondary N) is 1. The Morgan fingerprint density at radius 3 is 2.94 bits per heavy atom. The fourth-order valence-electron chi connectivity index (χ4n) is 2.31. The molecule has 0 amide bonds. The van der Waals surface area contributed by atoms with Crippen molar-refractivity contribution in [1.29, 1.82) is 0 Å². The van der Waals surface area contributed by atoms with Crippen LogP contribution in [0, 0.1) is 0 Å². The van der Waals surface area contributed by atoms with E-state index in [4.69, 9.17) is 4.98 Å². The molecule has 1 unspecified atom stereocenters. The first-order valence-corrected chi connectivity index (χ1v) is 7.05. The zero-order chi connectivity index (χ0) is 12.5. The second kappa shape index (κ2) is 4.58. The van der Waals surface area contributed by atoms with Crippen molar-refractivity contribution in [3.63, 3.8) is 0 Å². The second-order valence-corrected chi connectivity index (χ2v) is 5.63. The van der Waals surface area contributed by atoms with E-state index in [9.17, 15) is 0 Å². The van der Waals surface area contributed by atoms with Crippen LogP contribution in [0.4, 0.5) is 5.69 Å². The number of rotatable bonds is 2. The van der Waals surface area contributed by atoms with E-state index in [-0.39, 0.29) is 0 Å². The van der Waals surface area contributed by atoms with Gasteiger partial charge in [0, 0.05) is 24.2 Å². The van der Waals surface area contributed by atoms with Crippen molar-refractivity contribution >= 4 is 23.1 Å². The highest BCUT2D eigenvalue weighted by atomic mass is 32.1. The third-order valence-corrected chi connectivity index (χ3v) is 4.40. The van der Waals surface area contributed by atoms with E-state index in [1.54, 1.807) is 11.3 Å². The largest absolute Gasteiger partial charge is 0.388 e. The maximum atomic E-state index is 4.84. The normalized spacial score (nSPS) is 17.6. The van der Waals surface area contributed by atoms with Crippen LogP contribution in [0.3, 0.4) is 0 Å². The van der Waals surface area contributed by atoms with E-state index in [1.807, 2.05) is 13.1 Å². The zero-order valence-corrected chi connectivity index (χ0v) is 11.4. The molecule has 1 aliphatic rings. The maximum Gasteiger partial charge on any atom is 0.126 e. The van der Waals surface area contributed by atoms with Crippen LogP contribution in [0.1, 0.15) is 29.8 Å². The van der Waals surface area contributed by atoms with Crippen molar-refractivity contribution in [3.8, 4) is 10.6 Å². The molecule has 3 rings (SSSR count). The molecule has 1 N–H and O–H groups in total. The van der Waals surface area contributed by atoms with Gasteiger partial charge in [-0.3, -0.25) is 0 Å². The summed E-state index contributed by atoms with van der Waals surface area (Å²) in [6, 6.07) is 8.33. The molecular formula is C15H16N2S. The van der Waals surface area contributed by atoms with Crippen molar-refractivity contribution in [2.24, 2.45) is 0 Å². The van der Waals surface area contributed by atoms with E-state index >= 15 is 0 Å². The number of nitrogens with zero attached hydrogens (tertiary/aromatic N) is 1. The molecule has 3 heteroatoms. The Bertz CT molecular complexity index is 598. The highest BCUT2D eigenvalue weighted by Gasteiger charge is 2.19. The molecule has 0 aliphatic heterocycles. The van der Waals surface area contributed by atoms with Gasteiger partial charge in [0.05, 0.1) is 10.6 Å². The second-order valence-electron chi connectivity index (χ2n) is 4.60. The summed E-state index contributed by atoms with van der Waals surface area (Å²) >= 11 is 1.78. The van der Waals surface area contributed by atoms with Crippen molar-refractivity contribution < 1.29 is 0 Å². The van der Waals surface area contributed by atoms with Crippen LogP contribution in [-0.2, 0) is 0 Å². The molecule has 18 heavy (non-hydrogen) atoms. The maximum absolute atomic E-state index is 4.84. The lowest BCUT2D eigenvalue weighted by molar-refractivity contribution is 0.749. The lowest BCUT2D eigenvalue weighted by Crippen LogP contribution is -1.98. The zero-order valence-electron chi connectivity index (χ0n) is 10.6. The van der Waals surface area contributed by atoms with Crippen molar-refractivity contribution in [3.05, 3.63) is 40.9 Å². The molecule has 1 heterocycles. The molecular weight excluding hydrogens is 240 g/mol. The Labute approximate surface area is 111 Å². The van der Waals surface area contributed by atoms with Gasteiger partial charge in [0.2, 0.25) is 0 Å². The van der Waals surface area contributed by atoms with E-state index in [2.05, 4.69) is 42.6 Å². The standard InChI is InChI=1S/C15H16N2S/c1-10-6-5-9-13-14(10)17-15(18-13)11-7-3-4-8-12(11)16-2/h3-5,7-10,16H,6H2,1-2H3. The third kappa shape index (κ3) is 1.85. The van der Waals surface area contributed by atoms with E-state index in [0.29, 0.717) is 5.92 Å². The number of hydrogen-bond donors (Lipinski definition) is 1. The van der Waals surface area contributed by atoms with Crippen molar-refractivity contribution in [2.75, 3.05) is 12.4 Å². The minimum atomic E-state index is 0.539. The van der Waals surface area contributed by atoms with Crippen LogP contribution in [0.15, 0.2) is 30.3 Å². The monoisotopic (exact) mass is 256 g/mol. The first-order valence-electron chi connectivity index (χ1n) is 6.24. The third-order valence-electron chi connectivity index (χ3n) is 3.33. The lowest BCUT2D eigenvalue weighted by Gasteiger charge is -2.10. The van der Waals surface area contributed by atoms with Gasteiger partial charge in [-0.05, 0) is 24.6 Å². The first kappa shape index (κ1) is 11.5. The Hall–Kier alpha value is -1.61. The summed E-state index contributed by atoms with van der Waals surface area (Å²) in [4.78, 5) is 6.15. The van der Waals surface area contributed by atoms with Gasteiger partial charge in [0.15, 0.2) is 0 Å². The Morgan fingerprint density at radius 1 is 1.33 bits per heavy atom. The summed E-state index contributed by atoms with van der Waals surface area (Å²) < 4.78 is 0. The van der Waals surface area contributed by atoms with Crippen molar-refractivity contribution in [2.45, 2.75) is 19.3 Å². The number of anilines is 1. The Morgan fingerprint density at radius 2 is 2.17 bits per heavy atom. The summed E-state index contributed by atoms with van der Waals surface area (Å²) in [7, 11) is 1.95. The number of hydrogen-bond acceptors (Lipinski definition) is 3. The van der Waals surface area contributed by atoms with Crippen LogP contribution in [-0.4, -0.2) is 12.0 Å². The molecule has 92 valence electrons. The number of fused-ring (bicyclic) bond motifs is 1. The first-order chi connectivity index (χ1) is 8.79. The molecule has 0 saturated carbocycles. The van der Waals surface area contributed by atoms with Crippen LogP contribution in [0.2, 0.25) is 0 Å². The Kier molecular flexibility index (Phi) is 2.92. The SMILES string of the molecule is CNc1ccccc1-c1nc2c(s1)C=CCC2C. The van der Waals surface area contributed by atoms with Gasteiger partial charge in [-0.2, -0.15) is 0 Å². The number of allylic oxidation sites excluding steroid dienone is 1. The van der Waals surface area contributed by atoms with Crippen molar-refractivity contribution in [1.82, 2.24) is 4.98 Å². The summed E-state index contributed by atoms with van der Waals surface area (Å²) in [6.07, 6.45) is 5.56. The number of benzene rings is 1. The minimum Gasteiger partial charge on any atom is -0.388 e. The predicted molar refractivity (Wildman–Crippen MR) is 79.2 cm³/mol. The number of para-hydroxylation sites is 1. The molecule has 0 spiro atoms. The number of thiazole rings is 1. The van der Waals surface area contributed by atoms with Gasteiger partial charge in [-0.1, -0.05) is 25.1 Å². The highest BCUT2D eigenvalue weighted by molar-refractivity contribution is 7.16. The van der Waals surface area contributed by atoms with Crippen LogP contribution in [0.5, 0.6) is 0 Å². The highest BCUT2D eigenvalue weighted by Crippen LogP contribution is 2.38. The fraction of sp³-hybridized carbons (Fsp3) is 0.267. The summed E-state index contributed by atoms with van der Waals surface area (Å²) in [5.41, 5.74) is 3.59. The van der Waals surface area contributed by atoms with Crippen LogP contribution < -0.4 is 5.32 Å². The van der Waals surface area contributed by atoms with E-state index < -0.39 is 0 Å². The molecule has 2 aromatic rings. The molecule has 1 aromatic heterocycles. The smallest absolute Gasteiger partial charge is 0.126 e.